The number of ketones is 1. The molecule has 3 rings (SSSR count). The monoisotopic (exact) mass is 557 g/mol. The molecule has 37 heavy (non-hydrogen) atoms. The van der Waals surface area contributed by atoms with E-state index >= 15 is 0 Å². The molecule has 0 saturated heterocycles. The van der Waals surface area contributed by atoms with Gasteiger partial charge in [0, 0.05) is 55.5 Å². The molecule has 0 radical (unpaired) electrons. The van der Waals surface area contributed by atoms with Crippen LogP contribution in [0.4, 0.5) is 0 Å². The Morgan fingerprint density at radius 1 is 1.16 bits per heavy atom. The molecule has 0 atom stereocenters. The lowest BCUT2D eigenvalue weighted by Gasteiger charge is -2.15. The molecule has 6 nitrogen and oxygen atoms in total. The van der Waals surface area contributed by atoms with E-state index in [-0.39, 0.29) is 10.7 Å². The van der Waals surface area contributed by atoms with E-state index in [9.17, 15) is 13.2 Å². The van der Waals surface area contributed by atoms with Gasteiger partial charge in [-0.25, -0.2) is 13.4 Å². The van der Waals surface area contributed by atoms with Crippen LogP contribution in [-0.2, 0) is 23.5 Å². The number of allylic oxidation sites excluding steroid dienone is 5. The first kappa shape index (κ1) is 28.4. The van der Waals surface area contributed by atoms with Crippen molar-refractivity contribution in [2.75, 3.05) is 7.05 Å². The third kappa shape index (κ3) is 7.01. The van der Waals surface area contributed by atoms with Gasteiger partial charge in [0.25, 0.3) is 10.0 Å². The molecule has 0 saturated carbocycles. The SMILES string of the molecule is C\C=C/C(=C\C=C\N(C)S(=O)(=O)c1cccc(C(=O)CC)c1)Cc1nc(-c2ccc(Cl)cc2Cl)cn1C. The highest BCUT2D eigenvalue weighted by atomic mass is 35.5. The van der Waals surface area contributed by atoms with Crippen LogP contribution < -0.4 is 0 Å². The van der Waals surface area contributed by atoms with Gasteiger partial charge in [0.2, 0.25) is 0 Å². The Morgan fingerprint density at radius 3 is 2.59 bits per heavy atom. The van der Waals surface area contributed by atoms with Gasteiger partial charge in [-0.1, -0.05) is 60.5 Å². The zero-order chi connectivity index (χ0) is 27.2. The van der Waals surface area contributed by atoms with Gasteiger partial charge in [0.1, 0.15) is 5.82 Å². The van der Waals surface area contributed by atoms with Crippen LogP contribution >= 0.6 is 23.2 Å². The molecule has 0 fully saturated rings. The van der Waals surface area contributed by atoms with Gasteiger partial charge in [0.15, 0.2) is 5.78 Å². The third-order valence-electron chi connectivity index (χ3n) is 5.68. The number of Topliss-reactive ketones (excluding diaryl/α,β-unsaturated/α-hetero) is 1. The number of hydrogen-bond donors (Lipinski definition) is 0. The van der Waals surface area contributed by atoms with E-state index in [2.05, 4.69) is 0 Å². The van der Waals surface area contributed by atoms with Crippen molar-refractivity contribution in [2.24, 2.45) is 7.05 Å². The average Bonchev–Trinajstić information content (AvgIpc) is 3.22. The minimum atomic E-state index is -3.80. The molecule has 0 unspecified atom stereocenters. The topological polar surface area (TPSA) is 72.3 Å². The lowest BCUT2D eigenvalue weighted by Crippen LogP contribution is -2.21. The summed E-state index contributed by atoms with van der Waals surface area (Å²) in [6, 6.07) is 11.4. The molecule has 0 bridgehead atoms. The molecule has 0 spiro atoms. The van der Waals surface area contributed by atoms with E-state index in [1.165, 1.54) is 25.4 Å². The van der Waals surface area contributed by atoms with Crippen molar-refractivity contribution in [3.63, 3.8) is 0 Å². The molecular formula is C28H29Cl2N3O3S. The lowest BCUT2D eigenvalue weighted by molar-refractivity contribution is 0.0988. The highest BCUT2D eigenvalue weighted by Gasteiger charge is 2.19. The largest absolute Gasteiger partial charge is 0.337 e. The molecule has 0 aliphatic rings. The Bertz CT molecular complexity index is 1490. The first-order chi connectivity index (χ1) is 17.6. The van der Waals surface area contributed by atoms with Gasteiger partial charge in [0.05, 0.1) is 15.6 Å². The Morgan fingerprint density at radius 2 is 1.92 bits per heavy atom. The molecule has 0 aliphatic heterocycles. The number of hydrogen-bond acceptors (Lipinski definition) is 4. The lowest BCUT2D eigenvalue weighted by atomic mass is 10.1. The molecule has 0 N–H and O–H groups in total. The molecule has 2 aromatic carbocycles. The second kappa shape index (κ2) is 12.4. The smallest absolute Gasteiger partial charge is 0.263 e. The van der Waals surface area contributed by atoms with Crippen molar-refractivity contribution in [3.05, 3.63) is 106 Å². The summed E-state index contributed by atoms with van der Waals surface area (Å²) >= 11 is 12.4. The fourth-order valence-corrected chi connectivity index (χ4v) is 5.23. The van der Waals surface area contributed by atoms with E-state index in [0.717, 1.165) is 27.0 Å². The quantitative estimate of drug-likeness (QED) is 0.201. The van der Waals surface area contributed by atoms with Crippen LogP contribution in [0.2, 0.25) is 10.0 Å². The van der Waals surface area contributed by atoms with E-state index in [1.54, 1.807) is 37.3 Å². The van der Waals surface area contributed by atoms with E-state index in [0.29, 0.717) is 28.5 Å². The Labute approximate surface area is 228 Å². The summed E-state index contributed by atoms with van der Waals surface area (Å²) < 4.78 is 29.1. The maximum Gasteiger partial charge on any atom is 0.263 e. The summed E-state index contributed by atoms with van der Waals surface area (Å²) in [6.45, 7) is 3.65. The number of benzene rings is 2. The van der Waals surface area contributed by atoms with Crippen molar-refractivity contribution in [2.45, 2.75) is 31.6 Å². The summed E-state index contributed by atoms with van der Waals surface area (Å²) in [5.41, 5.74) is 2.85. The van der Waals surface area contributed by atoms with Gasteiger partial charge in [-0.2, -0.15) is 0 Å². The van der Waals surface area contributed by atoms with Crippen molar-refractivity contribution >= 4 is 39.0 Å². The fourth-order valence-electron chi connectivity index (χ4n) is 3.63. The fraction of sp³-hybridized carbons (Fsp3) is 0.214. The normalized spacial score (nSPS) is 12.5. The number of sulfonamides is 1. The first-order valence-electron chi connectivity index (χ1n) is 11.7. The molecule has 9 heteroatoms. The van der Waals surface area contributed by atoms with Gasteiger partial charge in [-0.15, -0.1) is 0 Å². The number of carbonyl (C=O) groups is 1. The molecule has 194 valence electrons. The predicted molar refractivity (Wildman–Crippen MR) is 150 cm³/mol. The van der Waals surface area contributed by atoms with Crippen LogP contribution in [0, 0.1) is 0 Å². The maximum absolute atomic E-state index is 13.0. The van der Waals surface area contributed by atoms with Crippen molar-refractivity contribution in [3.8, 4) is 11.3 Å². The van der Waals surface area contributed by atoms with Gasteiger partial charge >= 0.3 is 0 Å². The summed E-state index contributed by atoms with van der Waals surface area (Å²) in [6.07, 6.45) is 11.6. The summed E-state index contributed by atoms with van der Waals surface area (Å²) in [5.74, 6) is 0.710. The van der Waals surface area contributed by atoms with Gasteiger partial charge in [-0.3, -0.25) is 9.10 Å². The minimum Gasteiger partial charge on any atom is -0.337 e. The van der Waals surface area contributed by atoms with E-state index < -0.39 is 10.0 Å². The van der Waals surface area contributed by atoms with Crippen LogP contribution in [0.1, 0.15) is 36.5 Å². The summed E-state index contributed by atoms with van der Waals surface area (Å²) in [7, 11) is -0.429. The Kier molecular flexibility index (Phi) is 9.54. The number of nitrogens with zero attached hydrogens (tertiary/aromatic N) is 3. The van der Waals surface area contributed by atoms with Crippen LogP contribution in [-0.4, -0.2) is 35.1 Å². The van der Waals surface area contributed by atoms with Crippen LogP contribution in [0.3, 0.4) is 0 Å². The number of carbonyl (C=O) groups excluding carboxylic acids is 1. The van der Waals surface area contributed by atoms with Crippen molar-refractivity contribution < 1.29 is 13.2 Å². The zero-order valence-corrected chi connectivity index (χ0v) is 23.5. The number of aryl methyl sites for hydroxylation is 1. The second-order valence-corrected chi connectivity index (χ2v) is 11.2. The highest BCUT2D eigenvalue weighted by molar-refractivity contribution is 7.89. The Hall–Kier alpha value is -3.13. The standard InChI is InChI=1S/C28H29Cl2N3O3S/c1-5-9-20(16-28-31-26(19-32(28)3)24-14-13-22(29)18-25(24)30)10-8-15-33(4)37(35,36)23-12-7-11-21(17-23)27(34)6-2/h5,7-15,17-19H,6,16H2,1-4H3/b9-5-,15-8+,20-10+. The molecule has 3 aromatic rings. The minimum absolute atomic E-state index is 0.0676. The molecular weight excluding hydrogens is 529 g/mol. The number of halogens is 2. The summed E-state index contributed by atoms with van der Waals surface area (Å²) in [5, 5.41) is 1.09. The highest BCUT2D eigenvalue weighted by Crippen LogP contribution is 2.30. The van der Waals surface area contributed by atoms with E-state index in [1.807, 2.05) is 49.0 Å². The second-order valence-electron chi connectivity index (χ2n) is 8.36. The van der Waals surface area contributed by atoms with Gasteiger partial charge < -0.3 is 4.57 Å². The molecule has 0 aliphatic carbocycles. The van der Waals surface area contributed by atoms with Crippen LogP contribution in [0.25, 0.3) is 11.3 Å². The number of imidazole rings is 1. The van der Waals surface area contributed by atoms with Crippen molar-refractivity contribution in [1.29, 1.82) is 0 Å². The number of rotatable bonds is 10. The van der Waals surface area contributed by atoms with Crippen LogP contribution in [0.15, 0.2) is 89.6 Å². The van der Waals surface area contributed by atoms with Crippen LogP contribution in [0.5, 0.6) is 0 Å². The average molecular weight is 559 g/mol. The maximum atomic E-state index is 13.0. The third-order valence-corrected chi connectivity index (χ3v) is 7.96. The molecule has 1 heterocycles. The molecule has 1 aromatic heterocycles. The summed E-state index contributed by atoms with van der Waals surface area (Å²) in [4.78, 5) is 16.8. The van der Waals surface area contributed by atoms with Crippen molar-refractivity contribution in [1.82, 2.24) is 13.9 Å². The number of aromatic nitrogens is 2. The van der Waals surface area contributed by atoms with E-state index in [4.69, 9.17) is 28.2 Å². The predicted octanol–water partition coefficient (Wildman–Crippen LogP) is 6.87. The zero-order valence-electron chi connectivity index (χ0n) is 21.2. The Balaban J connectivity index is 1.81. The first-order valence-corrected chi connectivity index (χ1v) is 13.9. The van der Waals surface area contributed by atoms with Gasteiger partial charge in [-0.05, 0) is 48.9 Å². The molecule has 0 amide bonds.